The molecule has 0 fully saturated rings. The van der Waals surface area contributed by atoms with Crippen LogP contribution < -0.4 is 10.2 Å². The number of amides is 2. The first kappa shape index (κ1) is 29.2. The van der Waals surface area contributed by atoms with Gasteiger partial charge in [0.1, 0.15) is 0 Å². The van der Waals surface area contributed by atoms with Gasteiger partial charge in [0.05, 0.1) is 17.9 Å². The predicted octanol–water partition coefficient (Wildman–Crippen LogP) is 4.74. The minimum Gasteiger partial charge on any atom is -0.396 e. The summed E-state index contributed by atoms with van der Waals surface area (Å²) in [6.45, 7) is 2.64. The van der Waals surface area contributed by atoms with Crippen LogP contribution in [0.2, 0.25) is 5.02 Å². The van der Waals surface area contributed by atoms with Crippen LogP contribution in [0.4, 0.5) is 11.4 Å². The van der Waals surface area contributed by atoms with Crippen molar-refractivity contribution in [2.75, 3.05) is 16.8 Å². The maximum atomic E-state index is 13.8. The monoisotopic (exact) mass is 585 g/mol. The summed E-state index contributed by atoms with van der Waals surface area (Å²) in [7, 11) is 0. The fourth-order valence-electron chi connectivity index (χ4n) is 5.07. The van der Waals surface area contributed by atoms with Crippen LogP contribution in [-0.2, 0) is 29.9 Å². The van der Waals surface area contributed by atoms with Gasteiger partial charge in [0.25, 0.3) is 11.8 Å². The molecule has 9 nitrogen and oxygen atoms in total. The molecule has 2 amide bonds. The van der Waals surface area contributed by atoms with Gasteiger partial charge >= 0.3 is 0 Å². The normalized spacial score (nSPS) is 17.0. The molecule has 0 radical (unpaired) electrons. The molecular weight excluding hydrogens is 554 g/mol. The summed E-state index contributed by atoms with van der Waals surface area (Å²) < 4.78 is 1.70. The molecule has 0 saturated carbocycles. The summed E-state index contributed by atoms with van der Waals surface area (Å²) in [6.07, 6.45) is 6.62. The molecule has 1 aliphatic heterocycles. The Morgan fingerprint density at radius 2 is 1.88 bits per heavy atom. The first-order valence-corrected chi connectivity index (χ1v) is 14.1. The van der Waals surface area contributed by atoms with Crippen molar-refractivity contribution in [2.24, 2.45) is 5.92 Å². The van der Waals surface area contributed by atoms with Gasteiger partial charge < -0.3 is 20.4 Å². The predicted molar refractivity (Wildman–Crippen MR) is 161 cm³/mol. The smallest absolute Gasteiger partial charge is 0.264 e. The molecule has 42 heavy (non-hydrogen) atoms. The molecule has 216 valence electrons. The maximum absolute atomic E-state index is 13.8. The number of aliphatic hydroxyl groups is 2. The summed E-state index contributed by atoms with van der Waals surface area (Å²) in [5, 5.41) is 32.3. The lowest BCUT2D eigenvalue weighted by molar-refractivity contribution is -0.139. The number of halogens is 1. The Balaban J connectivity index is 1.28. The van der Waals surface area contributed by atoms with Gasteiger partial charge in [-0.1, -0.05) is 66.2 Å². The van der Waals surface area contributed by atoms with Gasteiger partial charge in [0, 0.05) is 53.5 Å². The first-order valence-electron chi connectivity index (χ1n) is 13.8. The zero-order valence-electron chi connectivity index (χ0n) is 23.2. The zero-order valence-corrected chi connectivity index (χ0v) is 23.9. The summed E-state index contributed by atoms with van der Waals surface area (Å²) >= 11 is 6.31. The molecule has 0 bridgehead atoms. The molecule has 3 N–H and O–H groups in total. The number of carbonyl (C=O) groups excluding carboxylic acids is 2. The molecule has 4 aromatic rings. The van der Waals surface area contributed by atoms with Crippen molar-refractivity contribution in [3.63, 3.8) is 0 Å². The van der Waals surface area contributed by atoms with Crippen LogP contribution >= 0.6 is 11.6 Å². The second-order valence-corrected chi connectivity index (χ2v) is 10.7. The Labute approximate surface area is 249 Å². The number of nitrogens with zero attached hydrogens (tertiary/aromatic N) is 4. The van der Waals surface area contributed by atoms with E-state index in [1.165, 1.54) is 0 Å². The summed E-state index contributed by atoms with van der Waals surface area (Å²) in [6, 6.07) is 21.4. The third kappa shape index (κ3) is 6.13. The Hall–Kier alpha value is -4.31. The first-order chi connectivity index (χ1) is 20.3. The van der Waals surface area contributed by atoms with Crippen molar-refractivity contribution in [1.82, 2.24) is 15.0 Å². The van der Waals surface area contributed by atoms with E-state index in [4.69, 9.17) is 16.7 Å². The highest BCUT2D eigenvalue weighted by molar-refractivity contribution is 6.31. The van der Waals surface area contributed by atoms with E-state index in [0.29, 0.717) is 46.9 Å². The molecule has 0 unspecified atom stereocenters. The van der Waals surface area contributed by atoms with Gasteiger partial charge in [-0.15, -0.1) is 5.10 Å². The Morgan fingerprint density at radius 1 is 1.12 bits per heavy atom. The van der Waals surface area contributed by atoms with E-state index in [9.17, 15) is 14.7 Å². The van der Waals surface area contributed by atoms with Crippen molar-refractivity contribution in [1.29, 1.82) is 0 Å². The van der Waals surface area contributed by atoms with Gasteiger partial charge in [-0.25, -0.2) is 0 Å². The molecule has 0 saturated heterocycles. The third-order valence-electron chi connectivity index (χ3n) is 7.38. The van der Waals surface area contributed by atoms with Gasteiger partial charge in [0.15, 0.2) is 5.60 Å². The second-order valence-electron chi connectivity index (χ2n) is 10.3. The van der Waals surface area contributed by atoms with E-state index in [1.54, 1.807) is 58.2 Å². The van der Waals surface area contributed by atoms with E-state index in [2.05, 4.69) is 15.6 Å². The molecule has 5 rings (SSSR count). The molecule has 0 aliphatic carbocycles. The average Bonchev–Trinajstić information content (AvgIpc) is 3.53. The number of benzene rings is 3. The van der Waals surface area contributed by atoms with Gasteiger partial charge in [-0.3, -0.25) is 14.3 Å². The van der Waals surface area contributed by atoms with E-state index in [1.807, 2.05) is 49.4 Å². The number of carbonyl (C=O) groups is 2. The molecule has 2 heterocycles. The number of hydrogen-bond donors (Lipinski definition) is 3. The number of allylic oxidation sites excluding steroid dienone is 1. The summed E-state index contributed by atoms with van der Waals surface area (Å²) in [5.74, 6) is -1.17. The van der Waals surface area contributed by atoms with Gasteiger partial charge in [-0.05, 0) is 54.4 Å². The van der Waals surface area contributed by atoms with E-state index in [0.717, 1.165) is 11.3 Å². The van der Waals surface area contributed by atoms with Crippen LogP contribution in [0.5, 0.6) is 0 Å². The highest BCUT2D eigenvalue weighted by Crippen LogP contribution is 2.46. The van der Waals surface area contributed by atoms with Crippen molar-refractivity contribution >= 4 is 34.8 Å². The number of anilines is 2. The SMILES string of the molecule is C[C@H](/C=C/CCn1cc(CCO)nn1)[C@@]1(O)C(=O)N(Cc2ccc(NC(=O)c3ccccc3)cc2)c2ccc(Cl)cc21. The van der Waals surface area contributed by atoms with Crippen LogP contribution in [-0.4, -0.2) is 43.6 Å². The van der Waals surface area contributed by atoms with Crippen LogP contribution in [0, 0.1) is 5.92 Å². The number of fused-ring (bicyclic) bond motifs is 1. The standard InChI is InChI=1S/C32H32ClN5O4/c1-22(7-5-6-17-37-21-27(16-18-39)35-36-37)32(42)28-19-25(33)12-15-29(28)38(31(32)41)20-23-10-13-26(14-11-23)34-30(40)24-8-3-2-4-9-24/h2-5,7-15,19,21-22,39,42H,6,16-18,20H2,1H3,(H,34,40)/b7-5+/t22-,32+/m1/s1. The van der Waals surface area contributed by atoms with Gasteiger partial charge in [-0.2, -0.15) is 0 Å². The fourth-order valence-corrected chi connectivity index (χ4v) is 5.24. The lowest BCUT2D eigenvalue weighted by Gasteiger charge is -2.27. The van der Waals surface area contributed by atoms with Crippen LogP contribution in [0.1, 0.15) is 40.5 Å². The molecule has 1 aromatic heterocycles. The van der Waals surface area contributed by atoms with Gasteiger partial charge in [0.2, 0.25) is 0 Å². The van der Waals surface area contributed by atoms with E-state index < -0.39 is 17.4 Å². The summed E-state index contributed by atoms with van der Waals surface area (Å²) in [4.78, 5) is 27.9. The number of nitrogens with one attached hydrogen (secondary N) is 1. The molecular formula is C32H32ClN5O4. The minimum atomic E-state index is -1.79. The molecule has 1 aliphatic rings. The van der Waals surface area contributed by atoms with Crippen molar-refractivity contribution in [2.45, 2.75) is 38.5 Å². The summed E-state index contributed by atoms with van der Waals surface area (Å²) in [5.41, 5.74) is 2.04. The van der Waals surface area contributed by atoms with Crippen molar-refractivity contribution in [3.8, 4) is 0 Å². The third-order valence-corrected chi connectivity index (χ3v) is 7.62. The molecule has 2 atom stereocenters. The number of aliphatic hydroxyl groups excluding tert-OH is 1. The Bertz CT molecular complexity index is 1590. The number of hydrogen-bond acceptors (Lipinski definition) is 6. The maximum Gasteiger partial charge on any atom is 0.264 e. The molecule has 3 aromatic carbocycles. The number of aryl methyl sites for hydroxylation is 1. The quantitative estimate of drug-likeness (QED) is 0.219. The highest BCUT2D eigenvalue weighted by Gasteiger charge is 2.52. The van der Waals surface area contributed by atoms with E-state index in [-0.39, 0.29) is 19.1 Å². The van der Waals surface area contributed by atoms with Crippen LogP contribution in [0.3, 0.4) is 0 Å². The molecule has 0 spiro atoms. The largest absolute Gasteiger partial charge is 0.396 e. The number of rotatable bonds is 11. The average molecular weight is 586 g/mol. The molecule has 10 heteroatoms. The Morgan fingerprint density at radius 3 is 2.62 bits per heavy atom. The Kier molecular flexibility index (Phi) is 8.82. The highest BCUT2D eigenvalue weighted by atomic mass is 35.5. The number of aromatic nitrogens is 3. The zero-order chi connectivity index (χ0) is 29.7. The fraction of sp³-hybridized carbons (Fsp3) is 0.250. The second kappa shape index (κ2) is 12.7. The topological polar surface area (TPSA) is 121 Å². The van der Waals surface area contributed by atoms with Crippen molar-refractivity contribution in [3.05, 3.63) is 119 Å². The van der Waals surface area contributed by atoms with Crippen LogP contribution in [0.25, 0.3) is 0 Å². The van der Waals surface area contributed by atoms with Crippen molar-refractivity contribution < 1.29 is 19.8 Å². The van der Waals surface area contributed by atoms with E-state index >= 15 is 0 Å². The lowest BCUT2D eigenvalue weighted by Crippen LogP contribution is -2.44. The minimum absolute atomic E-state index is 0.0174. The lowest BCUT2D eigenvalue weighted by atomic mass is 9.83. The van der Waals surface area contributed by atoms with Crippen LogP contribution in [0.15, 0.2) is 91.1 Å².